The molecule has 0 aliphatic carbocycles. The van der Waals surface area contributed by atoms with Crippen LogP contribution in [-0.2, 0) is 10.2 Å². The van der Waals surface area contributed by atoms with Crippen LogP contribution in [0.4, 0.5) is 28.0 Å². The van der Waals surface area contributed by atoms with Crippen molar-refractivity contribution < 1.29 is 13.9 Å². The quantitative estimate of drug-likeness (QED) is 0.620. The lowest BCUT2D eigenvalue weighted by Gasteiger charge is -2.47. The number of likely N-dealkylation sites (tertiary alicyclic amines) is 1. The fourth-order valence-corrected chi connectivity index (χ4v) is 4.21. The number of nitrogen functional groups attached to an aromatic ring is 2. The first kappa shape index (κ1) is 18.5. The van der Waals surface area contributed by atoms with Gasteiger partial charge < -0.3 is 30.4 Å². The molecule has 1 amide bonds. The van der Waals surface area contributed by atoms with E-state index in [4.69, 9.17) is 20.6 Å². The van der Waals surface area contributed by atoms with Gasteiger partial charge in [-0.2, -0.15) is 4.98 Å². The van der Waals surface area contributed by atoms with Gasteiger partial charge in [0.2, 0.25) is 0 Å². The molecule has 4 N–H and O–H groups in total. The summed E-state index contributed by atoms with van der Waals surface area (Å²) in [5.74, 6) is 0.396. The summed E-state index contributed by atoms with van der Waals surface area (Å²) >= 11 is 0. The molecule has 156 valence electrons. The summed E-state index contributed by atoms with van der Waals surface area (Å²) in [7, 11) is 0. The fourth-order valence-electron chi connectivity index (χ4n) is 4.21. The Labute approximate surface area is 172 Å². The fraction of sp³-hybridized carbons (Fsp3) is 0.400. The molecular formula is C20H23N7O3. The zero-order valence-corrected chi connectivity index (χ0v) is 17.0. The number of nitrogens with zero attached hydrogens (tertiary/aromatic N) is 5. The number of hydrogen-bond acceptors (Lipinski definition) is 9. The Balaban J connectivity index is 1.48. The largest absolute Gasteiger partial charge is 0.444 e. The van der Waals surface area contributed by atoms with Gasteiger partial charge in [0.1, 0.15) is 23.1 Å². The van der Waals surface area contributed by atoms with Crippen LogP contribution in [0, 0.1) is 0 Å². The summed E-state index contributed by atoms with van der Waals surface area (Å²) in [5.41, 5.74) is 14.8. The van der Waals surface area contributed by atoms with E-state index < -0.39 is 5.60 Å². The summed E-state index contributed by atoms with van der Waals surface area (Å²) in [6.45, 7) is 7.18. The Hall–Kier alpha value is -3.56. The summed E-state index contributed by atoms with van der Waals surface area (Å²) in [4.78, 5) is 29.2. The molecule has 0 radical (unpaired) electrons. The van der Waals surface area contributed by atoms with E-state index in [1.54, 1.807) is 4.90 Å². The standard InChI is InChI=1S/C20H23N7O3/c1-19(2,3)30-18(28)26-7-20(8-26)9-27(14-15(20)23-10-24-16(14)21)11-4-5-13-12(6-11)25-17(22)29-13/h4-6,10H,7-9H2,1-3H3,(H2,22,25)(H2,21,23,24). The van der Waals surface area contributed by atoms with Gasteiger partial charge in [0, 0.05) is 25.3 Å². The number of rotatable bonds is 1. The van der Waals surface area contributed by atoms with Crippen molar-refractivity contribution in [1.29, 1.82) is 0 Å². The van der Waals surface area contributed by atoms with E-state index in [0.29, 0.717) is 36.6 Å². The topological polar surface area (TPSA) is 137 Å². The van der Waals surface area contributed by atoms with Crippen molar-refractivity contribution in [2.24, 2.45) is 0 Å². The van der Waals surface area contributed by atoms with Crippen molar-refractivity contribution in [2.75, 3.05) is 36.0 Å². The van der Waals surface area contributed by atoms with Crippen molar-refractivity contribution in [2.45, 2.75) is 31.8 Å². The monoisotopic (exact) mass is 409 g/mol. The number of fused-ring (bicyclic) bond motifs is 3. The average Bonchev–Trinajstić information content (AvgIpc) is 3.16. The first-order chi connectivity index (χ1) is 14.2. The maximum atomic E-state index is 12.5. The van der Waals surface area contributed by atoms with Crippen molar-refractivity contribution >= 4 is 40.4 Å². The van der Waals surface area contributed by atoms with E-state index in [-0.39, 0.29) is 17.5 Å². The second-order valence-corrected chi connectivity index (χ2v) is 8.86. The molecule has 1 aromatic carbocycles. The van der Waals surface area contributed by atoms with Crippen LogP contribution in [0.15, 0.2) is 28.9 Å². The second kappa shape index (κ2) is 5.97. The van der Waals surface area contributed by atoms with Gasteiger partial charge in [0.15, 0.2) is 11.4 Å². The third-order valence-electron chi connectivity index (χ3n) is 5.42. The lowest BCUT2D eigenvalue weighted by Crippen LogP contribution is -2.63. The lowest BCUT2D eigenvalue weighted by atomic mass is 9.78. The third-order valence-corrected chi connectivity index (χ3v) is 5.42. The van der Waals surface area contributed by atoms with E-state index in [1.807, 2.05) is 39.0 Å². The molecule has 2 aliphatic rings. The number of aromatic nitrogens is 3. The van der Waals surface area contributed by atoms with Gasteiger partial charge in [-0.15, -0.1) is 0 Å². The van der Waals surface area contributed by atoms with Crippen LogP contribution in [0.1, 0.15) is 26.5 Å². The zero-order chi connectivity index (χ0) is 21.3. The smallest absolute Gasteiger partial charge is 0.410 e. The third kappa shape index (κ3) is 2.78. The predicted molar refractivity (Wildman–Crippen MR) is 111 cm³/mol. The van der Waals surface area contributed by atoms with Crippen LogP contribution < -0.4 is 16.4 Å². The van der Waals surface area contributed by atoms with Gasteiger partial charge in [0.25, 0.3) is 6.01 Å². The van der Waals surface area contributed by atoms with Gasteiger partial charge in [-0.3, -0.25) is 0 Å². The number of anilines is 4. The van der Waals surface area contributed by atoms with Gasteiger partial charge in [-0.1, -0.05) is 0 Å². The van der Waals surface area contributed by atoms with Crippen LogP contribution in [-0.4, -0.2) is 51.2 Å². The molecule has 0 unspecified atom stereocenters. The van der Waals surface area contributed by atoms with E-state index in [0.717, 1.165) is 17.1 Å². The molecule has 0 saturated carbocycles. The summed E-state index contributed by atoms with van der Waals surface area (Å²) in [6, 6.07) is 5.77. The Kier molecular flexibility index (Phi) is 3.68. The van der Waals surface area contributed by atoms with Crippen LogP contribution in [0.5, 0.6) is 0 Å². The number of ether oxygens (including phenoxy) is 1. The number of hydrogen-bond donors (Lipinski definition) is 2. The average molecular weight is 409 g/mol. The van der Waals surface area contributed by atoms with E-state index in [1.165, 1.54) is 6.33 Å². The first-order valence-corrected chi connectivity index (χ1v) is 9.68. The molecule has 1 saturated heterocycles. The Morgan fingerprint density at radius 1 is 1.20 bits per heavy atom. The molecule has 0 bridgehead atoms. The van der Waals surface area contributed by atoms with Gasteiger partial charge >= 0.3 is 6.09 Å². The van der Waals surface area contributed by atoms with E-state index in [9.17, 15) is 4.79 Å². The molecule has 0 atom stereocenters. The van der Waals surface area contributed by atoms with Gasteiger partial charge in [-0.05, 0) is 39.0 Å². The number of carbonyl (C=O) groups excluding carboxylic acids is 1. The van der Waals surface area contributed by atoms with Crippen molar-refractivity contribution in [3.05, 3.63) is 30.2 Å². The Morgan fingerprint density at radius 2 is 1.97 bits per heavy atom. The van der Waals surface area contributed by atoms with Crippen molar-refractivity contribution in [1.82, 2.24) is 19.9 Å². The molecule has 2 aliphatic heterocycles. The second-order valence-electron chi connectivity index (χ2n) is 8.86. The normalized spacial score (nSPS) is 17.3. The summed E-state index contributed by atoms with van der Waals surface area (Å²) in [5, 5.41) is 0. The number of amides is 1. The van der Waals surface area contributed by atoms with E-state index >= 15 is 0 Å². The summed E-state index contributed by atoms with van der Waals surface area (Å²) < 4.78 is 10.9. The lowest BCUT2D eigenvalue weighted by molar-refractivity contribution is -0.00740. The highest BCUT2D eigenvalue weighted by Gasteiger charge is 2.55. The highest BCUT2D eigenvalue weighted by molar-refractivity contribution is 5.86. The van der Waals surface area contributed by atoms with Gasteiger partial charge in [0.05, 0.1) is 11.1 Å². The maximum Gasteiger partial charge on any atom is 0.410 e. The highest BCUT2D eigenvalue weighted by atomic mass is 16.6. The minimum absolute atomic E-state index is 0.121. The predicted octanol–water partition coefficient (Wildman–Crippen LogP) is 2.42. The van der Waals surface area contributed by atoms with Crippen LogP contribution >= 0.6 is 0 Å². The molecule has 1 spiro atoms. The number of carbonyl (C=O) groups is 1. The van der Waals surface area contributed by atoms with Crippen LogP contribution in [0.25, 0.3) is 11.1 Å². The number of benzene rings is 1. The van der Waals surface area contributed by atoms with Gasteiger partial charge in [-0.25, -0.2) is 14.8 Å². The minimum Gasteiger partial charge on any atom is -0.444 e. The molecule has 3 aromatic rings. The molecule has 4 heterocycles. The first-order valence-electron chi connectivity index (χ1n) is 9.68. The molecule has 30 heavy (non-hydrogen) atoms. The summed E-state index contributed by atoms with van der Waals surface area (Å²) in [6.07, 6.45) is 1.14. The maximum absolute atomic E-state index is 12.5. The Bertz CT molecular complexity index is 1160. The van der Waals surface area contributed by atoms with Crippen molar-refractivity contribution in [3.63, 3.8) is 0 Å². The molecule has 2 aromatic heterocycles. The molecule has 10 heteroatoms. The molecule has 1 fully saturated rings. The molecule has 5 rings (SSSR count). The zero-order valence-electron chi connectivity index (χ0n) is 17.0. The van der Waals surface area contributed by atoms with Crippen molar-refractivity contribution in [3.8, 4) is 0 Å². The SMILES string of the molecule is CC(C)(C)OC(=O)N1CC2(C1)CN(c1ccc3oc(N)nc3c1)c1c(N)ncnc12. The number of oxazole rings is 1. The Morgan fingerprint density at radius 3 is 2.70 bits per heavy atom. The van der Waals surface area contributed by atoms with Crippen LogP contribution in [0.2, 0.25) is 0 Å². The number of nitrogens with two attached hydrogens (primary N) is 2. The van der Waals surface area contributed by atoms with E-state index in [2.05, 4.69) is 19.9 Å². The molecule has 10 nitrogen and oxygen atoms in total. The molecular weight excluding hydrogens is 386 g/mol. The minimum atomic E-state index is -0.541. The highest BCUT2D eigenvalue weighted by Crippen LogP contribution is 2.50. The van der Waals surface area contributed by atoms with Crippen LogP contribution in [0.3, 0.4) is 0 Å².